The molecule has 0 saturated heterocycles. The van der Waals surface area contributed by atoms with Gasteiger partial charge in [-0.1, -0.05) is 29.3 Å². The van der Waals surface area contributed by atoms with E-state index in [1.165, 1.54) is 24.4 Å². The average Bonchev–Trinajstić information content (AvgIpc) is 2.66. The number of hydrogen-bond donors (Lipinski definition) is 3. The fourth-order valence-corrected chi connectivity index (χ4v) is 2.74. The minimum Gasteiger partial charge on any atom is -0.506 e. The summed E-state index contributed by atoms with van der Waals surface area (Å²) in [5, 5.41) is 25.1. The first-order chi connectivity index (χ1) is 13.3. The minimum atomic E-state index is -0.548. The summed E-state index contributed by atoms with van der Waals surface area (Å²) in [6.45, 7) is 6.17. The molecule has 146 valence electrons. The summed E-state index contributed by atoms with van der Waals surface area (Å²) in [6.07, 6.45) is 1.23. The maximum Gasteiger partial charge on any atom is 0.263 e. The number of carbonyl (C=O) groups is 1. The number of rotatable bonds is 7. The molecular weight excluding hydrogens is 378 g/mol. The third kappa shape index (κ3) is 5.41. The fraction of sp³-hybridized carbons (Fsp3) is 0.238. The molecule has 2 rings (SSSR count). The van der Waals surface area contributed by atoms with Gasteiger partial charge in [-0.15, -0.1) is 0 Å². The molecule has 1 unspecified atom stereocenters. The molecule has 0 aliphatic heterocycles. The van der Waals surface area contributed by atoms with Gasteiger partial charge in [-0.2, -0.15) is 5.26 Å². The zero-order chi connectivity index (χ0) is 20.7. The molecule has 2 aromatic rings. The maximum absolute atomic E-state index is 12.5. The highest BCUT2D eigenvalue weighted by molar-refractivity contribution is 6.30. The lowest BCUT2D eigenvalue weighted by molar-refractivity contribution is -0.117. The first kappa shape index (κ1) is 21.1. The second kappa shape index (κ2) is 9.67. The highest BCUT2D eigenvalue weighted by Gasteiger charge is 2.17. The van der Waals surface area contributed by atoms with E-state index in [9.17, 15) is 15.2 Å². The monoisotopic (exact) mass is 399 g/mol. The van der Waals surface area contributed by atoms with Crippen molar-refractivity contribution >= 4 is 23.2 Å². The smallest absolute Gasteiger partial charge is 0.263 e. The number of nitrogens with zero attached hydrogens (tertiary/aromatic N) is 1. The number of aromatic hydroxyl groups is 1. The Morgan fingerprint density at radius 1 is 1.36 bits per heavy atom. The van der Waals surface area contributed by atoms with Crippen molar-refractivity contribution in [1.82, 2.24) is 5.32 Å². The van der Waals surface area contributed by atoms with Gasteiger partial charge in [0.05, 0.1) is 18.3 Å². The van der Waals surface area contributed by atoms with Crippen molar-refractivity contribution in [1.29, 1.82) is 5.26 Å². The van der Waals surface area contributed by atoms with Crippen LogP contribution in [0.1, 0.15) is 31.0 Å². The third-order valence-electron chi connectivity index (χ3n) is 3.97. The Morgan fingerprint density at radius 2 is 2.11 bits per heavy atom. The molecule has 0 saturated carbocycles. The van der Waals surface area contributed by atoms with Crippen molar-refractivity contribution < 1.29 is 14.6 Å². The third-order valence-corrected chi connectivity index (χ3v) is 4.21. The minimum absolute atomic E-state index is 0.0483. The molecule has 7 heteroatoms. The summed E-state index contributed by atoms with van der Waals surface area (Å²) in [6, 6.07) is 11.7. The van der Waals surface area contributed by atoms with Gasteiger partial charge in [0, 0.05) is 16.8 Å². The van der Waals surface area contributed by atoms with Crippen LogP contribution in [0.4, 0.5) is 5.69 Å². The molecule has 0 aliphatic rings. The van der Waals surface area contributed by atoms with Crippen LogP contribution in [-0.4, -0.2) is 17.6 Å². The van der Waals surface area contributed by atoms with E-state index in [2.05, 4.69) is 10.6 Å². The zero-order valence-electron chi connectivity index (χ0n) is 15.9. The second-order valence-corrected chi connectivity index (χ2v) is 6.58. The van der Waals surface area contributed by atoms with Gasteiger partial charge in [-0.25, -0.2) is 0 Å². The molecule has 0 radical (unpaired) electrons. The number of benzene rings is 2. The highest BCUT2D eigenvalue weighted by Crippen LogP contribution is 2.28. The molecule has 6 nitrogen and oxygen atoms in total. The molecule has 0 aliphatic carbocycles. The van der Waals surface area contributed by atoms with Crippen LogP contribution >= 0.6 is 11.6 Å². The Balaban J connectivity index is 2.17. The lowest BCUT2D eigenvalue weighted by Gasteiger charge is -2.18. The van der Waals surface area contributed by atoms with Crippen LogP contribution in [-0.2, 0) is 4.79 Å². The topological polar surface area (TPSA) is 94.4 Å². The molecular formula is C21H22ClN3O3. The van der Waals surface area contributed by atoms with E-state index in [-0.39, 0.29) is 17.4 Å². The van der Waals surface area contributed by atoms with E-state index in [0.717, 1.165) is 11.1 Å². The summed E-state index contributed by atoms with van der Waals surface area (Å²) >= 11 is 5.89. The van der Waals surface area contributed by atoms with Crippen molar-refractivity contribution in [3.63, 3.8) is 0 Å². The Labute approximate surface area is 169 Å². The molecule has 3 N–H and O–H groups in total. The Hall–Kier alpha value is -3.17. The van der Waals surface area contributed by atoms with Gasteiger partial charge in [-0.05, 0) is 45.0 Å². The number of carbonyl (C=O) groups excluding carboxylic acids is 1. The van der Waals surface area contributed by atoms with Crippen molar-refractivity contribution in [2.45, 2.75) is 26.8 Å². The van der Waals surface area contributed by atoms with E-state index >= 15 is 0 Å². The fourth-order valence-electron chi connectivity index (χ4n) is 2.57. The molecule has 0 fully saturated rings. The number of phenolic OH excluding ortho intramolecular Hbond substituents is 1. The quantitative estimate of drug-likeness (QED) is 0.363. The van der Waals surface area contributed by atoms with Gasteiger partial charge in [-0.3, -0.25) is 4.79 Å². The van der Waals surface area contributed by atoms with Crippen molar-refractivity contribution in [3.05, 3.63) is 64.3 Å². The highest BCUT2D eigenvalue weighted by atomic mass is 35.5. The van der Waals surface area contributed by atoms with Crippen LogP contribution in [0.15, 0.2) is 48.2 Å². The van der Waals surface area contributed by atoms with Crippen LogP contribution in [0.5, 0.6) is 11.5 Å². The molecule has 2 aromatic carbocycles. The van der Waals surface area contributed by atoms with E-state index in [1.807, 2.05) is 45.0 Å². The van der Waals surface area contributed by atoms with E-state index in [1.54, 1.807) is 0 Å². The normalized spacial score (nSPS) is 12.0. The molecule has 1 amide bonds. The average molecular weight is 400 g/mol. The Bertz CT molecular complexity index is 935. The lowest BCUT2D eigenvalue weighted by atomic mass is 10.0. The van der Waals surface area contributed by atoms with E-state index in [4.69, 9.17) is 16.3 Å². The van der Waals surface area contributed by atoms with Crippen LogP contribution < -0.4 is 15.4 Å². The van der Waals surface area contributed by atoms with Gasteiger partial charge in [0.15, 0.2) is 0 Å². The Kier molecular flexibility index (Phi) is 7.30. The predicted octanol–water partition coefficient (Wildman–Crippen LogP) is 4.45. The number of amides is 1. The summed E-state index contributed by atoms with van der Waals surface area (Å²) in [7, 11) is 0. The van der Waals surface area contributed by atoms with Gasteiger partial charge in [0.25, 0.3) is 5.91 Å². The number of phenols is 1. The van der Waals surface area contributed by atoms with Crippen molar-refractivity contribution in [2.24, 2.45) is 0 Å². The first-order valence-corrected chi connectivity index (χ1v) is 9.13. The number of nitriles is 1. The van der Waals surface area contributed by atoms with Crippen molar-refractivity contribution in [2.75, 3.05) is 11.9 Å². The molecule has 0 heterocycles. The first-order valence-electron chi connectivity index (χ1n) is 8.75. The number of anilines is 1. The second-order valence-electron chi connectivity index (χ2n) is 6.15. The number of aryl methyl sites for hydroxylation is 1. The standard InChI is InChI=1S/C21H22ClN3O3/c1-4-28-20-8-5-13(2)9-17(20)14(3)25-21(27)15(11-23)12-24-18-10-16(22)6-7-19(18)26/h5-10,12,14,24,26H,4H2,1-3H3,(H,25,27)/b15-12-. The van der Waals surface area contributed by atoms with Crippen molar-refractivity contribution in [3.8, 4) is 17.6 Å². The lowest BCUT2D eigenvalue weighted by Crippen LogP contribution is -2.28. The molecule has 0 bridgehead atoms. The molecule has 28 heavy (non-hydrogen) atoms. The number of ether oxygens (including phenoxy) is 1. The van der Waals surface area contributed by atoms with Gasteiger partial charge in [0.2, 0.25) is 0 Å². The molecule has 1 atom stereocenters. The number of halogens is 1. The summed E-state index contributed by atoms with van der Waals surface area (Å²) in [5.74, 6) is 0.0890. The zero-order valence-corrected chi connectivity index (χ0v) is 16.7. The van der Waals surface area contributed by atoms with Crippen LogP contribution in [0.25, 0.3) is 0 Å². The predicted molar refractivity (Wildman–Crippen MR) is 109 cm³/mol. The molecule has 0 aromatic heterocycles. The largest absolute Gasteiger partial charge is 0.506 e. The molecule has 0 spiro atoms. The summed E-state index contributed by atoms with van der Waals surface area (Å²) < 4.78 is 5.63. The van der Waals surface area contributed by atoms with Gasteiger partial charge >= 0.3 is 0 Å². The van der Waals surface area contributed by atoms with Gasteiger partial charge < -0.3 is 20.5 Å². The van der Waals surface area contributed by atoms with Crippen LogP contribution in [0.3, 0.4) is 0 Å². The number of nitrogens with one attached hydrogen (secondary N) is 2. The van der Waals surface area contributed by atoms with Gasteiger partial charge in [0.1, 0.15) is 23.1 Å². The Morgan fingerprint density at radius 3 is 2.79 bits per heavy atom. The van der Waals surface area contributed by atoms with Crippen LogP contribution in [0.2, 0.25) is 5.02 Å². The SMILES string of the molecule is CCOc1ccc(C)cc1C(C)NC(=O)/C(C#N)=C\Nc1cc(Cl)ccc1O. The summed E-state index contributed by atoms with van der Waals surface area (Å²) in [4.78, 5) is 12.5. The number of hydrogen-bond acceptors (Lipinski definition) is 5. The van der Waals surface area contributed by atoms with E-state index in [0.29, 0.717) is 23.1 Å². The van der Waals surface area contributed by atoms with E-state index < -0.39 is 5.91 Å². The van der Waals surface area contributed by atoms with Crippen LogP contribution in [0, 0.1) is 18.3 Å². The summed E-state index contributed by atoms with van der Waals surface area (Å²) in [5.41, 5.74) is 2.01. The maximum atomic E-state index is 12.5.